The molecule has 0 bridgehead atoms. The van der Waals surface area contributed by atoms with Gasteiger partial charge in [0.1, 0.15) is 36.9 Å². The van der Waals surface area contributed by atoms with E-state index in [1.807, 2.05) is 0 Å². The lowest BCUT2D eigenvalue weighted by atomic mass is 9.78. The Morgan fingerprint density at radius 2 is 1.47 bits per heavy atom. The Balaban J connectivity index is 1.21. The average molecular weight is 483 g/mol. The molecule has 3 aromatic carbocycles. The molecular weight excluding hydrogens is 448 g/mol. The van der Waals surface area contributed by atoms with Gasteiger partial charge in [-0.3, -0.25) is 0 Å². The van der Waals surface area contributed by atoms with Crippen molar-refractivity contribution in [3.63, 3.8) is 0 Å². The fourth-order valence-corrected chi connectivity index (χ4v) is 5.27. The standard InChI is InChI=1S/C32H34O4/c1-21-14-24(25-9-12-31(22(2)15-25)35-19-27-17-33-27)8-11-29(21)26-10-13-32(36-20-28-18-34-28)30(16-26)23-6-4-3-5-7-23/h3-7,9-10,12-13,15-16,24,27-28H,8,11,14,17-20H2,1-2H3. The van der Waals surface area contributed by atoms with Crippen molar-refractivity contribution in [1.82, 2.24) is 0 Å². The van der Waals surface area contributed by atoms with E-state index in [-0.39, 0.29) is 12.2 Å². The average Bonchev–Trinajstić information content (AvgIpc) is 3.83. The lowest BCUT2D eigenvalue weighted by molar-refractivity contribution is 0.261. The topological polar surface area (TPSA) is 43.5 Å². The molecule has 0 saturated carbocycles. The number of ether oxygens (including phenoxy) is 4. The van der Waals surface area contributed by atoms with Gasteiger partial charge in [0, 0.05) is 5.56 Å². The quantitative estimate of drug-likeness (QED) is 0.309. The maximum absolute atomic E-state index is 6.16. The number of benzene rings is 3. The fourth-order valence-electron chi connectivity index (χ4n) is 5.27. The van der Waals surface area contributed by atoms with E-state index < -0.39 is 0 Å². The first-order valence-corrected chi connectivity index (χ1v) is 13.1. The van der Waals surface area contributed by atoms with Crippen LogP contribution in [0.1, 0.15) is 48.8 Å². The highest BCUT2D eigenvalue weighted by atomic mass is 16.6. The Hall–Kier alpha value is -3.08. The highest BCUT2D eigenvalue weighted by Crippen LogP contribution is 2.43. The molecule has 6 rings (SSSR count). The second kappa shape index (κ2) is 10.1. The zero-order chi connectivity index (χ0) is 24.5. The largest absolute Gasteiger partial charge is 0.491 e. The minimum absolute atomic E-state index is 0.241. The molecule has 4 heteroatoms. The van der Waals surface area contributed by atoms with Gasteiger partial charge in [0.05, 0.1) is 13.2 Å². The van der Waals surface area contributed by atoms with Crippen molar-refractivity contribution in [2.45, 2.75) is 51.2 Å². The van der Waals surface area contributed by atoms with Gasteiger partial charge in [-0.2, -0.15) is 0 Å². The van der Waals surface area contributed by atoms with Crippen LogP contribution in [-0.4, -0.2) is 38.6 Å². The van der Waals surface area contributed by atoms with E-state index in [0.29, 0.717) is 19.1 Å². The van der Waals surface area contributed by atoms with Crippen LogP contribution in [0.4, 0.5) is 0 Å². The molecule has 1 aliphatic carbocycles. The van der Waals surface area contributed by atoms with Crippen LogP contribution in [0.3, 0.4) is 0 Å². The van der Waals surface area contributed by atoms with E-state index in [9.17, 15) is 0 Å². The third-order valence-corrected chi connectivity index (χ3v) is 7.55. The van der Waals surface area contributed by atoms with Crippen molar-refractivity contribution in [2.24, 2.45) is 0 Å². The summed E-state index contributed by atoms with van der Waals surface area (Å²) in [5, 5.41) is 0. The summed E-state index contributed by atoms with van der Waals surface area (Å²) in [5.41, 5.74) is 9.22. The number of epoxide rings is 2. The van der Waals surface area contributed by atoms with Gasteiger partial charge >= 0.3 is 0 Å². The molecule has 2 heterocycles. The van der Waals surface area contributed by atoms with Crippen LogP contribution < -0.4 is 9.47 Å². The molecule has 0 amide bonds. The van der Waals surface area contributed by atoms with E-state index in [4.69, 9.17) is 18.9 Å². The molecule has 0 spiro atoms. The Kier molecular flexibility index (Phi) is 6.56. The van der Waals surface area contributed by atoms with Crippen LogP contribution in [0.25, 0.3) is 16.7 Å². The molecule has 2 aliphatic heterocycles. The second-order valence-electron chi connectivity index (χ2n) is 10.3. The highest BCUT2D eigenvalue weighted by Gasteiger charge is 2.26. The Morgan fingerprint density at radius 3 is 2.14 bits per heavy atom. The number of aryl methyl sites for hydroxylation is 1. The summed E-state index contributed by atoms with van der Waals surface area (Å²) in [6.07, 6.45) is 3.84. The van der Waals surface area contributed by atoms with Gasteiger partial charge in [0.15, 0.2) is 0 Å². The van der Waals surface area contributed by atoms with Gasteiger partial charge in [0.25, 0.3) is 0 Å². The molecule has 3 aliphatic rings. The lowest BCUT2D eigenvalue weighted by Gasteiger charge is -2.27. The smallest absolute Gasteiger partial charge is 0.127 e. The molecule has 0 radical (unpaired) electrons. The van der Waals surface area contributed by atoms with Crippen LogP contribution in [0.15, 0.2) is 72.3 Å². The first-order valence-electron chi connectivity index (χ1n) is 13.1. The number of hydrogen-bond donors (Lipinski definition) is 0. The summed E-state index contributed by atoms with van der Waals surface area (Å²) in [6, 6.07) is 23.9. The Labute approximate surface area is 213 Å². The Morgan fingerprint density at radius 1 is 0.778 bits per heavy atom. The molecule has 4 nitrogen and oxygen atoms in total. The zero-order valence-electron chi connectivity index (χ0n) is 21.2. The van der Waals surface area contributed by atoms with Gasteiger partial charge in [0.2, 0.25) is 0 Å². The first kappa shape index (κ1) is 23.3. The van der Waals surface area contributed by atoms with Crippen molar-refractivity contribution in [2.75, 3.05) is 26.4 Å². The molecule has 3 atom stereocenters. The molecular formula is C32H34O4. The minimum atomic E-state index is 0.241. The number of hydrogen-bond acceptors (Lipinski definition) is 4. The van der Waals surface area contributed by atoms with E-state index in [1.54, 1.807) is 0 Å². The molecule has 36 heavy (non-hydrogen) atoms. The minimum Gasteiger partial charge on any atom is -0.491 e. The molecule has 2 saturated heterocycles. The summed E-state index contributed by atoms with van der Waals surface area (Å²) in [5.74, 6) is 2.45. The first-order chi connectivity index (χ1) is 17.6. The summed E-state index contributed by atoms with van der Waals surface area (Å²) in [7, 11) is 0. The van der Waals surface area contributed by atoms with Gasteiger partial charge in [-0.25, -0.2) is 0 Å². The van der Waals surface area contributed by atoms with Crippen LogP contribution in [-0.2, 0) is 9.47 Å². The third-order valence-electron chi connectivity index (χ3n) is 7.55. The van der Waals surface area contributed by atoms with Gasteiger partial charge in [-0.15, -0.1) is 0 Å². The van der Waals surface area contributed by atoms with Crippen LogP contribution >= 0.6 is 0 Å². The molecule has 3 aromatic rings. The van der Waals surface area contributed by atoms with E-state index in [1.165, 1.54) is 33.4 Å². The van der Waals surface area contributed by atoms with Crippen LogP contribution in [0, 0.1) is 6.92 Å². The maximum Gasteiger partial charge on any atom is 0.127 e. The third kappa shape index (κ3) is 5.35. The van der Waals surface area contributed by atoms with Crippen molar-refractivity contribution >= 4 is 5.57 Å². The predicted octanol–water partition coefficient (Wildman–Crippen LogP) is 6.96. The van der Waals surface area contributed by atoms with E-state index >= 15 is 0 Å². The van der Waals surface area contributed by atoms with Gasteiger partial charge in [-0.05, 0) is 85.1 Å². The number of allylic oxidation sites excluding steroid dienone is 2. The van der Waals surface area contributed by atoms with Gasteiger partial charge in [-0.1, -0.05) is 54.1 Å². The van der Waals surface area contributed by atoms with Crippen LogP contribution in [0.2, 0.25) is 0 Å². The molecule has 3 unspecified atom stereocenters. The summed E-state index contributed by atoms with van der Waals surface area (Å²) < 4.78 is 22.7. The van der Waals surface area contributed by atoms with Crippen molar-refractivity contribution < 1.29 is 18.9 Å². The Bertz CT molecular complexity index is 1250. The second-order valence-corrected chi connectivity index (χ2v) is 10.3. The summed E-state index contributed by atoms with van der Waals surface area (Å²) >= 11 is 0. The van der Waals surface area contributed by atoms with E-state index in [2.05, 4.69) is 80.6 Å². The van der Waals surface area contributed by atoms with Crippen molar-refractivity contribution in [1.29, 1.82) is 0 Å². The maximum atomic E-state index is 6.16. The SMILES string of the molecule is CC1=C(c2ccc(OCC3CO3)c(-c3ccccc3)c2)CCC(c2ccc(OCC3CO3)c(C)c2)C1. The van der Waals surface area contributed by atoms with Crippen molar-refractivity contribution in [3.8, 4) is 22.6 Å². The zero-order valence-corrected chi connectivity index (χ0v) is 21.2. The molecule has 0 aromatic heterocycles. The van der Waals surface area contributed by atoms with Crippen molar-refractivity contribution in [3.05, 3.63) is 89.0 Å². The molecule has 2 fully saturated rings. The summed E-state index contributed by atoms with van der Waals surface area (Å²) in [6.45, 7) is 7.34. The summed E-state index contributed by atoms with van der Waals surface area (Å²) in [4.78, 5) is 0. The molecule has 0 N–H and O–H groups in total. The molecule has 186 valence electrons. The van der Waals surface area contributed by atoms with Crippen LogP contribution in [0.5, 0.6) is 11.5 Å². The number of rotatable bonds is 9. The fraction of sp³-hybridized carbons (Fsp3) is 0.375. The predicted molar refractivity (Wildman–Crippen MR) is 143 cm³/mol. The van der Waals surface area contributed by atoms with Gasteiger partial charge < -0.3 is 18.9 Å². The normalized spacial score (nSPS) is 22.9. The lowest BCUT2D eigenvalue weighted by Crippen LogP contribution is -2.09. The van der Waals surface area contributed by atoms with E-state index in [0.717, 1.165) is 49.5 Å². The monoisotopic (exact) mass is 482 g/mol. The highest BCUT2D eigenvalue weighted by molar-refractivity contribution is 5.78.